The van der Waals surface area contributed by atoms with Crippen molar-refractivity contribution in [2.45, 2.75) is 37.7 Å². The molecule has 4 atom stereocenters. The number of hydrogen-bond donors (Lipinski definition) is 1. The number of fused-ring (bicyclic) bond motifs is 4. The average Bonchev–Trinajstić information content (AvgIpc) is 2.38. The summed E-state index contributed by atoms with van der Waals surface area (Å²) in [5.74, 6) is 0.403. The summed E-state index contributed by atoms with van der Waals surface area (Å²) in [4.78, 5) is 11.4. The number of hydrogen-bond acceptors (Lipinski definition) is 3. The van der Waals surface area contributed by atoms with E-state index >= 15 is 0 Å². The van der Waals surface area contributed by atoms with Crippen molar-refractivity contribution in [3.05, 3.63) is 0 Å². The lowest BCUT2D eigenvalue weighted by molar-refractivity contribution is -0.178. The molecule has 3 nitrogen and oxygen atoms in total. The highest BCUT2D eigenvalue weighted by Crippen LogP contribution is 2.58. The van der Waals surface area contributed by atoms with E-state index in [2.05, 4.69) is 0 Å². The van der Waals surface area contributed by atoms with Crippen LogP contribution in [0, 0.1) is 17.8 Å². The monoisotopic (exact) mass is 196 g/mol. The molecule has 1 N–H and O–H groups in total. The molecule has 0 aromatic carbocycles. The molecule has 0 spiro atoms. The second-order valence-electron chi connectivity index (χ2n) is 4.98. The molecule has 0 unspecified atom stereocenters. The first-order chi connectivity index (χ1) is 6.73. The minimum absolute atomic E-state index is 0.157. The Morgan fingerprint density at radius 3 is 2.93 bits per heavy atom. The second-order valence-corrected chi connectivity index (χ2v) is 4.98. The molecule has 3 fully saturated rings. The van der Waals surface area contributed by atoms with Gasteiger partial charge in [-0.2, -0.15) is 0 Å². The van der Waals surface area contributed by atoms with Crippen LogP contribution in [0.3, 0.4) is 0 Å². The van der Waals surface area contributed by atoms with E-state index in [1.165, 1.54) is 19.3 Å². The van der Waals surface area contributed by atoms with Crippen molar-refractivity contribution in [3.63, 3.8) is 0 Å². The maximum atomic E-state index is 11.4. The average molecular weight is 196 g/mol. The van der Waals surface area contributed by atoms with Crippen LogP contribution < -0.4 is 0 Å². The number of cyclic esters (lactones) is 1. The summed E-state index contributed by atoms with van der Waals surface area (Å²) in [7, 11) is 0. The predicted octanol–water partition coefficient (Wildman–Crippen LogP) is 1.10. The van der Waals surface area contributed by atoms with E-state index in [0.717, 1.165) is 12.8 Å². The lowest BCUT2D eigenvalue weighted by Crippen LogP contribution is -2.62. The normalized spacial score (nSPS) is 51.2. The Morgan fingerprint density at radius 2 is 2.07 bits per heavy atom. The Balaban J connectivity index is 1.88. The molecule has 1 saturated heterocycles. The van der Waals surface area contributed by atoms with Crippen molar-refractivity contribution in [1.29, 1.82) is 0 Å². The van der Waals surface area contributed by atoms with Gasteiger partial charge in [-0.1, -0.05) is 19.3 Å². The third kappa shape index (κ3) is 0.888. The van der Waals surface area contributed by atoms with E-state index in [1.807, 2.05) is 0 Å². The molecule has 0 aromatic heterocycles. The fourth-order valence-corrected chi connectivity index (χ4v) is 3.69. The Morgan fingerprint density at radius 1 is 1.29 bits per heavy atom. The van der Waals surface area contributed by atoms with Crippen molar-refractivity contribution in [3.8, 4) is 0 Å². The van der Waals surface area contributed by atoms with Crippen LogP contribution in [-0.4, -0.2) is 23.3 Å². The zero-order valence-corrected chi connectivity index (χ0v) is 8.24. The van der Waals surface area contributed by atoms with Gasteiger partial charge in [0.25, 0.3) is 0 Å². The summed E-state index contributed by atoms with van der Waals surface area (Å²) in [6, 6.07) is 0. The van der Waals surface area contributed by atoms with Crippen LogP contribution in [0.2, 0.25) is 0 Å². The van der Waals surface area contributed by atoms with Gasteiger partial charge < -0.3 is 9.84 Å². The first kappa shape index (κ1) is 8.72. The maximum Gasteiger partial charge on any atom is 0.312 e. The zero-order valence-electron chi connectivity index (χ0n) is 8.24. The molecule has 1 heterocycles. The molecule has 78 valence electrons. The zero-order chi connectivity index (χ0) is 9.76. The van der Waals surface area contributed by atoms with Crippen LogP contribution in [0.15, 0.2) is 0 Å². The van der Waals surface area contributed by atoms with Crippen molar-refractivity contribution < 1.29 is 14.6 Å². The maximum absolute atomic E-state index is 11.4. The van der Waals surface area contributed by atoms with Crippen molar-refractivity contribution >= 4 is 5.97 Å². The number of ether oxygens (including phenoxy) is 1. The Kier molecular flexibility index (Phi) is 1.69. The van der Waals surface area contributed by atoms with Crippen LogP contribution in [0.4, 0.5) is 0 Å². The minimum atomic E-state index is -0.786. The highest BCUT2D eigenvalue weighted by molar-refractivity contribution is 5.78. The topological polar surface area (TPSA) is 46.5 Å². The standard InChI is InChI=1S/C11H16O3/c12-10-9-7-4-2-1-3-5-8(7)11(9,13)6-14-10/h7-9,13H,1-6H2/t7-,8+,9-,11+/m0/s1. The fraction of sp³-hybridized carbons (Fsp3) is 0.909. The lowest BCUT2D eigenvalue weighted by atomic mass is 9.53. The molecule has 0 amide bonds. The Hall–Kier alpha value is -0.570. The number of aliphatic hydroxyl groups is 1. The van der Waals surface area contributed by atoms with Crippen LogP contribution in [0.1, 0.15) is 32.1 Å². The lowest BCUT2D eigenvalue weighted by Gasteiger charge is -2.51. The van der Waals surface area contributed by atoms with E-state index in [4.69, 9.17) is 4.74 Å². The van der Waals surface area contributed by atoms with Gasteiger partial charge in [0.1, 0.15) is 12.2 Å². The molecule has 0 aromatic rings. The van der Waals surface area contributed by atoms with Crippen molar-refractivity contribution in [2.75, 3.05) is 6.61 Å². The molecule has 2 aliphatic carbocycles. The molecule has 3 rings (SSSR count). The molecule has 0 radical (unpaired) electrons. The van der Waals surface area contributed by atoms with Crippen LogP contribution in [0.25, 0.3) is 0 Å². The summed E-state index contributed by atoms with van der Waals surface area (Å²) >= 11 is 0. The molecule has 2 saturated carbocycles. The predicted molar refractivity (Wildman–Crippen MR) is 49.5 cm³/mol. The summed E-state index contributed by atoms with van der Waals surface area (Å²) < 4.78 is 4.99. The van der Waals surface area contributed by atoms with Gasteiger partial charge in [-0.15, -0.1) is 0 Å². The molecule has 3 heteroatoms. The third-order valence-electron chi connectivity index (χ3n) is 4.38. The fourth-order valence-electron chi connectivity index (χ4n) is 3.69. The van der Waals surface area contributed by atoms with E-state index in [-0.39, 0.29) is 18.5 Å². The molecular formula is C11H16O3. The van der Waals surface area contributed by atoms with E-state index in [9.17, 15) is 9.90 Å². The SMILES string of the molecule is O=C1OC[C@@]2(O)[C@@H]3CCCCC[C@@H]3[C@@H]12. The second kappa shape index (κ2) is 2.72. The number of carbonyl (C=O) groups is 1. The quantitative estimate of drug-likeness (QED) is 0.590. The van der Waals surface area contributed by atoms with Crippen LogP contribution >= 0.6 is 0 Å². The number of rotatable bonds is 0. The smallest absolute Gasteiger partial charge is 0.312 e. The van der Waals surface area contributed by atoms with Gasteiger partial charge in [-0.3, -0.25) is 4.79 Å². The molecule has 14 heavy (non-hydrogen) atoms. The Bertz CT molecular complexity index is 276. The van der Waals surface area contributed by atoms with E-state index in [0.29, 0.717) is 11.8 Å². The van der Waals surface area contributed by atoms with Crippen LogP contribution in [-0.2, 0) is 9.53 Å². The number of esters is 1. The van der Waals surface area contributed by atoms with Gasteiger partial charge in [0.15, 0.2) is 0 Å². The van der Waals surface area contributed by atoms with Gasteiger partial charge in [0.05, 0.1) is 5.92 Å². The van der Waals surface area contributed by atoms with Crippen LogP contribution in [0.5, 0.6) is 0 Å². The third-order valence-corrected chi connectivity index (χ3v) is 4.38. The minimum Gasteiger partial charge on any atom is -0.462 e. The van der Waals surface area contributed by atoms with Crippen molar-refractivity contribution in [1.82, 2.24) is 0 Å². The highest BCUT2D eigenvalue weighted by Gasteiger charge is 2.68. The van der Waals surface area contributed by atoms with Gasteiger partial charge in [0, 0.05) is 0 Å². The van der Waals surface area contributed by atoms with E-state index < -0.39 is 5.60 Å². The number of carbonyl (C=O) groups excluding carboxylic acids is 1. The largest absolute Gasteiger partial charge is 0.462 e. The van der Waals surface area contributed by atoms with Crippen molar-refractivity contribution in [2.24, 2.45) is 17.8 Å². The van der Waals surface area contributed by atoms with E-state index in [1.54, 1.807) is 0 Å². The summed E-state index contributed by atoms with van der Waals surface area (Å²) in [5, 5.41) is 10.3. The van der Waals surface area contributed by atoms with Gasteiger partial charge in [-0.05, 0) is 24.7 Å². The highest BCUT2D eigenvalue weighted by atomic mass is 16.6. The first-order valence-electron chi connectivity index (χ1n) is 5.62. The van der Waals surface area contributed by atoms with Gasteiger partial charge in [-0.25, -0.2) is 0 Å². The summed E-state index contributed by atoms with van der Waals surface area (Å²) in [5.41, 5.74) is -0.786. The summed E-state index contributed by atoms with van der Waals surface area (Å²) in [6.07, 6.45) is 5.84. The van der Waals surface area contributed by atoms with Gasteiger partial charge >= 0.3 is 5.97 Å². The Labute approximate surface area is 83.4 Å². The summed E-state index contributed by atoms with van der Waals surface area (Å²) in [6.45, 7) is 0.248. The molecule has 3 aliphatic rings. The first-order valence-corrected chi connectivity index (χ1v) is 5.62. The molecule has 1 aliphatic heterocycles. The molecule has 0 bridgehead atoms. The van der Waals surface area contributed by atoms with Gasteiger partial charge in [0.2, 0.25) is 0 Å². The molecular weight excluding hydrogens is 180 g/mol.